The van der Waals surface area contributed by atoms with Gasteiger partial charge in [-0.25, -0.2) is 0 Å². The number of fused-ring (bicyclic) bond motifs is 1. The predicted molar refractivity (Wildman–Crippen MR) is 84.3 cm³/mol. The highest BCUT2D eigenvalue weighted by molar-refractivity contribution is 5.82. The van der Waals surface area contributed by atoms with Crippen molar-refractivity contribution in [2.75, 3.05) is 6.54 Å². The highest BCUT2D eigenvalue weighted by Gasteiger charge is 2.15. The minimum Gasteiger partial charge on any atom is -0.459 e. The molecule has 0 aliphatic rings. The van der Waals surface area contributed by atoms with Gasteiger partial charge in [-0.05, 0) is 38.0 Å². The third-order valence-corrected chi connectivity index (χ3v) is 3.83. The van der Waals surface area contributed by atoms with Crippen molar-refractivity contribution in [2.45, 2.75) is 33.4 Å². The van der Waals surface area contributed by atoms with Crippen molar-refractivity contribution in [1.82, 2.24) is 15.1 Å². The molecule has 1 aromatic carbocycles. The Bertz CT molecular complexity index is 741. The summed E-state index contributed by atoms with van der Waals surface area (Å²) in [5.74, 6) is 1.02. The number of hydrogen-bond donors (Lipinski definition) is 1. The van der Waals surface area contributed by atoms with Crippen LogP contribution in [0.2, 0.25) is 0 Å². The maximum Gasteiger partial charge on any atom is 0.134 e. The number of aromatic nitrogens is 2. The van der Waals surface area contributed by atoms with E-state index >= 15 is 0 Å². The van der Waals surface area contributed by atoms with Gasteiger partial charge in [0.05, 0.1) is 18.8 Å². The molecule has 0 bridgehead atoms. The van der Waals surface area contributed by atoms with Gasteiger partial charge in [-0.2, -0.15) is 5.10 Å². The van der Waals surface area contributed by atoms with Crippen molar-refractivity contribution in [3.05, 3.63) is 53.5 Å². The minimum absolute atomic E-state index is 0.189. The second kappa shape index (κ2) is 5.74. The largest absolute Gasteiger partial charge is 0.459 e. The van der Waals surface area contributed by atoms with Crippen LogP contribution in [0.3, 0.4) is 0 Å². The molecule has 2 aromatic heterocycles. The maximum atomic E-state index is 5.98. The molecule has 110 valence electrons. The highest BCUT2D eigenvalue weighted by Crippen LogP contribution is 2.28. The number of para-hydroxylation sites is 1. The van der Waals surface area contributed by atoms with Crippen molar-refractivity contribution in [2.24, 2.45) is 0 Å². The number of nitrogens with zero attached hydrogens (tertiary/aromatic N) is 2. The molecule has 0 fully saturated rings. The van der Waals surface area contributed by atoms with Crippen LogP contribution in [0.25, 0.3) is 11.0 Å². The Labute approximate surface area is 124 Å². The Balaban J connectivity index is 1.66. The zero-order chi connectivity index (χ0) is 14.8. The molecule has 0 radical (unpaired) electrons. The van der Waals surface area contributed by atoms with Gasteiger partial charge in [0.1, 0.15) is 11.3 Å². The summed E-state index contributed by atoms with van der Waals surface area (Å²) in [6.45, 7) is 8.03. The first-order valence-corrected chi connectivity index (χ1v) is 7.35. The van der Waals surface area contributed by atoms with Crippen molar-refractivity contribution in [3.63, 3.8) is 0 Å². The van der Waals surface area contributed by atoms with Gasteiger partial charge < -0.3 is 9.73 Å². The zero-order valence-electron chi connectivity index (χ0n) is 12.8. The lowest BCUT2D eigenvalue weighted by molar-refractivity contribution is 0.432. The van der Waals surface area contributed by atoms with E-state index in [-0.39, 0.29) is 6.04 Å². The van der Waals surface area contributed by atoms with E-state index in [1.807, 2.05) is 29.1 Å². The van der Waals surface area contributed by atoms with Crippen LogP contribution in [0.5, 0.6) is 0 Å². The zero-order valence-corrected chi connectivity index (χ0v) is 12.8. The Kier molecular flexibility index (Phi) is 3.80. The summed E-state index contributed by atoms with van der Waals surface area (Å²) in [4.78, 5) is 0. The Morgan fingerprint density at radius 1 is 1.29 bits per heavy atom. The molecule has 1 atom stereocenters. The van der Waals surface area contributed by atoms with Crippen LogP contribution in [0.15, 0.2) is 41.1 Å². The van der Waals surface area contributed by atoms with Crippen LogP contribution < -0.4 is 5.32 Å². The quantitative estimate of drug-likeness (QED) is 0.778. The molecule has 4 heteroatoms. The highest BCUT2D eigenvalue weighted by atomic mass is 16.3. The second-order valence-corrected chi connectivity index (χ2v) is 5.54. The van der Waals surface area contributed by atoms with E-state index in [0.717, 1.165) is 24.4 Å². The fraction of sp³-hybridized carbons (Fsp3) is 0.353. The van der Waals surface area contributed by atoms with Gasteiger partial charge >= 0.3 is 0 Å². The third kappa shape index (κ3) is 2.85. The lowest BCUT2D eigenvalue weighted by Gasteiger charge is -2.12. The maximum absolute atomic E-state index is 5.98. The van der Waals surface area contributed by atoms with Gasteiger partial charge in [0.15, 0.2) is 0 Å². The number of nitrogens with one attached hydrogen (secondary N) is 1. The first-order chi connectivity index (χ1) is 10.1. The van der Waals surface area contributed by atoms with E-state index in [9.17, 15) is 0 Å². The van der Waals surface area contributed by atoms with Crippen molar-refractivity contribution >= 4 is 11.0 Å². The average molecular weight is 283 g/mol. The summed E-state index contributed by atoms with van der Waals surface area (Å²) in [6, 6.07) is 8.37. The number of hydrogen-bond acceptors (Lipinski definition) is 3. The van der Waals surface area contributed by atoms with E-state index in [4.69, 9.17) is 4.42 Å². The van der Waals surface area contributed by atoms with Crippen LogP contribution in [0.4, 0.5) is 0 Å². The number of aryl methyl sites for hydroxylation is 2. The van der Waals surface area contributed by atoms with Crippen LogP contribution >= 0.6 is 0 Å². The number of rotatable bonds is 5. The molecular weight excluding hydrogens is 262 g/mol. The molecule has 21 heavy (non-hydrogen) atoms. The van der Waals surface area contributed by atoms with Gasteiger partial charge in [-0.1, -0.05) is 18.2 Å². The van der Waals surface area contributed by atoms with E-state index in [2.05, 4.69) is 43.4 Å². The van der Waals surface area contributed by atoms with Crippen LogP contribution in [0, 0.1) is 13.8 Å². The molecule has 2 heterocycles. The van der Waals surface area contributed by atoms with E-state index in [1.165, 1.54) is 16.5 Å². The van der Waals surface area contributed by atoms with E-state index < -0.39 is 0 Å². The van der Waals surface area contributed by atoms with Crippen LogP contribution in [-0.4, -0.2) is 16.3 Å². The van der Waals surface area contributed by atoms with Crippen LogP contribution in [0.1, 0.15) is 29.9 Å². The Morgan fingerprint density at radius 3 is 2.81 bits per heavy atom. The van der Waals surface area contributed by atoms with Gasteiger partial charge in [-0.3, -0.25) is 4.68 Å². The molecule has 0 saturated heterocycles. The standard InChI is InChI=1S/C17H21N3O/c1-12-10-19-20(11-12)9-8-18-14(3)17-13(2)15-6-4-5-7-16(15)21-17/h4-7,10-11,14,18H,8-9H2,1-3H3. The smallest absolute Gasteiger partial charge is 0.134 e. The minimum atomic E-state index is 0.189. The lowest BCUT2D eigenvalue weighted by Crippen LogP contribution is -2.23. The molecule has 0 aliphatic carbocycles. The third-order valence-electron chi connectivity index (χ3n) is 3.83. The summed E-state index contributed by atoms with van der Waals surface area (Å²) in [5, 5.41) is 8.99. The molecule has 0 saturated carbocycles. The van der Waals surface area contributed by atoms with Gasteiger partial charge in [0.2, 0.25) is 0 Å². The second-order valence-electron chi connectivity index (χ2n) is 5.54. The molecule has 0 amide bonds. The lowest BCUT2D eigenvalue weighted by atomic mass is 10.1. The summed E-state index contributed by atoms with van der Waals surface area (Å²) >= 11 is 0. The normalized spacial score (nSPS) is 12.9. The first-order valence-electron chi connectivity index (χ1n) is 7.35. The molecule has 3 rings (SSSR count). The van der Waals surface area contributed by atoms with Gasteiger partial charge in [0.25, 0.3) is 0 Å². The fourth-order valence-electron chi connectivity index (χ4n) is 2.68. The monoisotopic (exact) mass is 283 g/mol. The molecule has 3 aromatic rings. The Morgan fingerprint density at radius 2 is 2.10 bits per heavy atom. The van der Waals surface area contributed by atoms with E-state index in [1.54, 1.807) is 0 Å². The van der Waals surface area contributed by atoms with Gasteiger partial charge in [0, 0.05) is 18.1 Å². The molecule has 1 N–H and O–H groups in total. The molecule has 0 aliphatic heterocycles. The average Bonchev–Trinajstić information content (AvgIpc) is 3.03. The summed E-state index contributed by atoms with van der Waals surface area (Å²) in [7, 11) is 0. The van der Waals surface area contributed by atoms with E-state index in [0.29, 0.717) is 0 Å². The molecular formula is C17H21N3O. The van der Waals surface area contributed by atoms with Crippen molar-refractivity contribution in [1.29, 1.82) is 0 Å². The summed E-state index contributed by atoms with van der Waals surface area (Å²) < 4.78 is 7.94. The summed E-state index contributed by atoms with van der Waals surface area (Å²) in [5.41, 5.74) is 3.37. The van der Waals surface area contributed by atoms with Crippen LogP contribution in [-0.2, 0) is 6.54 Å². The van der Waals surface area contributed by atoms with Crippen molar-refractivity contribution < 1.29 is 4.42 Å². The summed E-state index contributed by atoms with van der Waals surface area (Å²) in [6.07, 6.45) is 3.94. The Hall–Kier alpha value is -2.07. The number of furan rings is 1. The molecule has 4 nitrogen and oxygen atoms in total. The molecule has 1 unspecified atom stereocenters. The predicted octanol–water partition coefficient (Wildman–Crippen LogP) is 3.60. The SMILES string of the molecule is Cc1cnn(CCNC(C)c2oc3ccccc3c2C)c1. The number of benzene rings is 1. The first kappa shape index (κ1) is 13.9. The topological polar surface area (TPSA) is 43.0 Å². The fourth-order valence-corrected chi connectivity index (χ4v) is 2.68. The van der Waals surface area contributed by atoms with Gasteiger partial charge in [-0.15, -0.1) is 0 Å². The van der Waals surface area contributed by atoms with Crippen molar-refractivity contribution in [3.8, 4) is 0 Å². The molecule has 0 spiro atoms.